The highest BCUT2D eigenvalue weighted by atomic mass is 14.1. The molecule has 0 aliphatic rings. The Kier molecular flexibility index (Phi) is 8.59. The van der Waals surface area contributed by atoms with Crippen molar-refractivity contribution in [1.29, 1.82) is 0 Å². The van der Waals surface area contributed by atoms with Crippen molar-refractivity contribution >= 4 is 0 Å². The van der Waals surface area contributed by atoms with Crippen molar-refractivity contribution < 1.29 is 0 Å². The van der Waals surface area contributed by atoms with Crippen LogP contribution in [0.5, 0.6) is 0 Å². The van der Waals surface area contributed by atoms with Crippen LogP contribution in [0.3, 0.4) is 0 Å². The minimum Gasteiger partial charge on any atom is -0.0654 e. The summed E-state index contributed by atoms with van der Waals surface area (Å²) in [4.78, 5) is 0. The number of hydrogen-bond donors (Lipinski definition) is 0. The van der Waals surface area contributed by atoms with Crippen LogP contribution in [0.15, 0.2) is 0 Å². The fourth-order valence-electron chi connectivity index (χ4n) is 1.96. The van der Waals surface area contributed by atoms with Crippen LogP contribution in [0, 0.1) is 11.8 Å². The standard InChI is InChI=1S/C13H27/c1-5-8-12(4)10-11-13(7-3)9-6-2/h13H,5-11H2,1-4H3. The van der Waals surface area contributed by atoms with Gasteiger partial charge in [0.05, 0.1) is 0 Å². The molecule has 0 heteroatoms. The van der Waals surface area contributed by atoms with E-state index in [2.05, 4.69) is 27.7 Å². The summed E-state index contributed by atoms with van der Waals surface area (Å²) < 4.78 is 0. The molecule has 0 aromatic heterocycles. The molecule has 0 rings (SSSR count). The third-order valence-electron chi connectivity index (χ3n) is 2.93. The van der Waals surface area contributed by atoms with Crippen LogP contribution < -0.4 is 0 Å². The van der Waals surface area contributed by atoms with E-state index < -0.39 is 0 Å². The van der Waals surface area contributed by atoms with Crippen molar-refractivity contribution in [1.82, 2.24) is 0 Å². The fourth-order valence-corrected chi connectivity index (χ4v) is 1.96. The Labute approximate surface area is 85.1 Å². The topological polar surface area (TPSA) is 0 Å². The summed E-state index contributed by atoms with van der Waals surface area (Å²) in [5, 5.41) is 0. The molecule has 0 aliphatic heterocycles. The molecule has 1 atom stereocenters. The molecule has 0 aromatic carbocycles. The predicted molar refractivity (Wildman–Crippen MR) is 61.7 cm³/mol. The molecule has 0 aliphatic carbocycles. The Bertz CT molecular complexity index is 96.2. The summed E-state index contributed by atoms with van der Waals surface area (Å²) in [5.74, 6) is 2.69. The molecule has 0 aromatic rings. The van der Waals surface area contributed by atoms with Gasteiger partial charge in [0.25, 0.3) is 0 Å². The van der Waals surface area contributed by atoms with E-state index in [0.717, 1.165) is 5.92 Å². The summed E-state index contributed by atoms with van der Waals surface area (Å²) >= 11 is 0. The molecule has 13 heavy (non-hydrogen) atoms. The first-order chi connectivity index (χ1) is 6.24. The summed E-state index contributed by atoms with van der Waals surface area (Å²) in [6, 6.07) is 0. The first kappa shape index (κ1) is 13.0. The van der Waals surface area contributed by atoms with Gasteiger partial charge in [0.15, 0.2) is 0 Å². The molecular weight excluding hydrogens is 156 g/mol. The first-order valence-corrected chi connectivity index (χ1v) is 6.05. The van der Waals surface area contributed by atoms with E-state index in [0.29, 0.717) is 0 Å². The SMILES string of the molecule is CCC[C](C)CCC(CC)CCC. The van der Waals surface area contributed by atoms with Gasteiger partial charge in [-0.1, -0.05) is 53.4 Å². The van der Waals surface area contributed by atoms with Crippen molar-refractivity contribution in [2.45, 2.75) is 72.6 Å². The van der Waals surface area contributed by atoms with Crippen LogP contribution in [0.1, 0.15) is 72.6 Å². The lowest BCUT2D eigenvalue weighted by atomic mass is 9.90. The third kappa shape index (κ3) is 7.10. The third-order valence-corrected chi connectivity index (χ3v) is 2.93. The Hall–Kier alpha value is 0. The fraction of sp³-hybridized carbons (Fsp3) is 0.923. The second kappa shape index (κ2) is 8.59. The van der Waals surface area contributed by atoms with Gasteiger partial charge in [-0.25, -0.2) is 0 Å². The van der Waals surface area contributed by atoms with Crippen molar-refractivity contribution in [3.63, 3.8) is 0 Å². The Balaban J connectivity index is 3.46. The van der Waals surface area contributed by atoms with Crippen molar-refractivity contribution in [2.24, 2.45) is 5.92 Å². The molecule has 0 spiro atoms. The van der Waals surface area contributed by atoms with Gasteiger partial charge in [-0.15, -0.1) is 0 Å². The number of rotatable bonds is 8. The lowest BCUT2D eigenvalue weighted by Crippen LogP contribution is -2.01. The van der Waals surface area contributed by atoms with E-state index in [4.69, 9.17) is 0 Å². The van der Waals surface area contributed by atoms with Crippen LogP contribution in [-0.2, 0) is 0 Å². The number of hydrogen-bond acceptors (Lipinski definition) is 0. The first-order valence-electron chi connectivity index (χ1n) is 6.05. The highest BCUT2D eigenvalue weighted by Gasteiger charge is 2.07. The van der Waals surface area contributed by atoms with Crippen LogP contribution in [0.25, 0.3) is 0 Å². The van der Waals surface area contributed by atoms with Crippen LogP contribution >= 0.6 is 0 Å². The lowest BCUT2D eigenvalue weighted by molar-refractivity contribution is 0.419. The molecule has 1 unspecified atom stereocenters. The van der Waals surface area contributed by atoms with Gasteiger partial charge in [-0.2, -0.15) is 0 Å². The van der Waals surface area contributed by atoms with E-state index in [1.165, 1.54) is 44.9 Å². The van der Waals surface area contributed by atoms with E-state index in [-0.39, 0.29) is 0 Å². The minimum absolute atomic E-state index is 0.983. The maximum absolute atomic E-state index is 2.33. The zero-order valence-electron chi connectivity index (χ0n) is 10.0. The summed E-state index contributed by atoms with van der Waals surface area (Å²) in [5.41, 5.74) is 0. The maximum atomic E-state index is 2.33. The second-order valence-electron chi connectivity index (χ2n) is 4.31. The second-order valence-corrected chi connectivity index (χ2v) is 4.31. The highest BCUT2D eigenvalue weighted by Crippen LogP contribution is 2.23. The lowest BCUT2D eigenvalue weighted by Gasteiger charge is -2.16. The van der Waals surface area contributed by atoms with E-state index in [9.17, 15) is 0 Å². The van der Waals surface area contributed by atoms with E-state index >= 15 is 0 Å². The van der Waals surface area contributed by atoms with Crippen LogP contribution in [0.4, 0.5) is 0 Å². The monoisotopic (exact) mass is 183 g/mol. The summed E-state index contributed by atoms with van der Waals surface area (Å²) in [6.07, 6.45) is 9.59. The van der Waals surface area contributed by atoms with Crippen LogP contribution in [-0.4, -0.2) is 0 Å². The van der Waals surface area contributed by atoms with Gasteiger partial charge in [0.1, 0.15) is 0 Å². The molecule has 1 radical (unpaired) electrons. The zero-order valence-corrected chi connectivity index (χ0v) is 10.0. The average molecular weight is 183 g/mol. The Morgan fingerprint density at radius 2 is 1.62 bits per heavy atom. The molecule has 0 amide bonds. The predicted octanol–water partition coefficient (Wildman–Crippen LogP) is 4.99. The quantitative estimate of drug-likeness (QED) is 0.497. The molecule has 0 fully saturated rings. The van der Waals surface area contributed by atoms with Gasteiger partial charge < -0.3 is 0 Å². The van der Waals surface area contributed by atoms with Crippen molar-refractivity contribution in [3.8, 4) is 0 Å². The molecule has 0 nitrogen and oxygen atoms in total. The largest absolute Gasteiger partial charge is 0.0654 e. The molecule has 0 heterocycles. The molecule has 79 valence electrons. The Morgan fingerprint density at radius 3 is 2.08 bits per heavy atom. The van der Waals surface area contributed by atoms with Crippen molar-refractivity contribution in [2.75, 3.05) is 0 Å². The van der Waals surface area contributed by atoms with E-state index in [1.54, 1.807) is 5.92 Å². The highest BCUT2D eigenvalue weighted by molar-refractivity contribution is 4.83. The maximum Gasteiger partial charge on any atom is -0.0272 e. The molecule has 0 N–H and O–H groups in total. The molecular formula is C13H27. The smallest absolute Gasteiger partial charge is 0.0272 e. The van der Waals surface area contributed by atoms with Gasteiger partial charge in [-0.3, -0.25) is 0 Å². The van der Waals surface area contributed by atoms with Gasteiger partial charge in [0.2, 0.25) is 0 Å². The van der Waals surface area contributed by atoms with E-state index in [1.807, 2.05) is 0 Å². The molecule has 0 saturated heterocycles. The average Bonchev–Trinajstić information content (AvgIpc) is 2.12. The van der Waals surface area contributed by atoms with Crippen LogP contribution in [0.2, 0.25) is 0 Å². The Morgan fingerprint density at radius 1 is 0.923 bits per heavy atom. The molecule has 0 saturated carbocycles. The summed E-state index contributed by atoms with van der Waals surface area (Å²) in [7, 11) is 0. The van der Waals surface area contributed by atoms with Gasteiger partial charge >= 0.3 is 0 Å². The normalized spacial score (nSPS) is 13.6. The van der Waals surface area contributed by atoms with Gasteiger partial charge in [-0.05, 0) is 31.1 Å². The minimum atomic E-state index is 0.983. The zero-order chi connectivity index (χ0) is 10.1. The molecule has 0 bridgehead atoms. The summed E-state index contributed by atoms with van der Waals surface area (Å²) in [6.45, 7) is 9.22. The van der Waals surface area contributed by atoms with Crippen molar-refractivity contribution in [3.05, 3.63) is 5.92 Å². The van der Waals surface area contributed by atoms with Gasteiger partial charge in [0, 0.05) is 0 Å².